The number of nitro benzene ring substituents is 1. The van der Waals surface area contributed by atoms with Crippen LogP contribution in [-0.4, -0.2) is 54.9 Å². The first-order valence-corrected chi connectivity index (χ1v) is 15.6. The lowest BCUT2D eigenvalue weighted by molar-refractivity contribution is -0.384. The van der Waals surface area contributed by atoms with Crippen LogP contribution in [0.15, 0.2) is 72.8 Å². The molecule has 0 aliphatic rings. The topological polar surface area (TPSA) is 130 Å². The Morgan fingerprint density at radius 3 is 2.21 bits per heavy atom. The first kappa shape index (κ1) is 32.3. The van der Waals surface area contributed by atoms with E-state index in [0.717, 1.165) is 33.3 Å². The number of rotatable bonds is 13. The molecule has 3 rings (SSSR count). The molecule has 0 fully saturated rings. The first-order chi connectivity index (χ1) is 19.8. The maximum Gasteiger partial charge on any atom is 0.271 e. The molecule has 0 aromatic heterocycles. The molecule has 2 atom stereocenters. The largest absolute Gasteiger partial charge is 0.352 e. The van der Waals surface area contributed by atoms with Gasteiger partial charge in [0.2, 0.25) is 21.8 Å². The Morgan fingerprint density at radius 1 is 0.976 bits per heavy atom. The highest BCUT2D eigenvalue weighted by molar-refractivity contribution is 7.92. The van der Waals surface area contributed by atoms with E-state index < -0.39 is 33.4 Å². The fraction of sp³-hybridized carbons (Fsp3) is 0.355. The van der Waals surface area contributed by atoms with Gasteiger partial charge in [-0.2, -0.15) is 0 Å². The van der Waals surface area contributed by atoms with E-state index in [0.29, 0.717) is 12.0 Å². The number of hydrogen-bond acceptors (Lipinski definition) is 6. The standard InChI is InChI=1S/C31H38N4O6S/c1-6-24(4)32-31(37)29(18-25-13-8-7-9-14-25)33(20-26-15-11-10-12-22(26)2)30(36)21-34(42(5,40)41)28-19-27(35(38)39)17-16-23(28)3/h7-17,19,24,29H,6,18,20-21H2,1-5H3,(H,32,37). The van der Waals surface area contributed by atoms with Gasteiger partial charge < -0.3 is 10.2 Å². The van der Waals surface area contributed by atoms with E-state index in [4.69, 9.17) is 0 Å². The van der Waals surface area contributed by atoms with Crippen molar-refractivity contribution in [1.82, 2.24) is 10.2 Å². The van der Waals surface area contributed by atoms with E-state index in [2.05, 4.69) is 5.32 Å². The Morgan fingerprint density at radius 2 is 1.62 bits per heavy atom. The maximum absolute atomic E-state index is 14.2. The maximum atomic E-state index is 14.2. The highest BCUT2D eigenvalue weighted by Crippen LogP contribution is 2.28. The Hall–Kier alpha value is -4.25. The molecule has 0 heterocycles. The molecule has 0 aliphatic heterocycles. The number of carbonyl (C=O) groups is 2. The van der Waals surface area contributed by atoms with Crippen molar-refractivity contribution in [2.45, 2.75) is 59.2 Å². The smallest absolute Gasteiger partial charge is 0.271 e. The molecule has 0 saturated heterocycles. The molecule has 10 nitrogen and oxygen atoms in total. The van der Waals surface area contributed by atoms with Crippen LogP contribution in [0.5, 0.6) is 0 Å². The molecule has 3 aromatic rings. The molecule has 0 radical (unpaired) electrons. The molecule has 11 heteroatoms. The van der Waals surface area contributed by atoms with Gasteiger partial charge in [0.15, 0.2) is 0 Å². The van der Waals surface area contributed by atoms with Crippen molar-refractivity contribution >= 4 is 33.2 Å². The SMILES string of the molecule is CCC(C)NC(=O)C(Cc1ccccc1)N(Cc1ccccc1C)C(=O)CN(c1cc([N+](=O)[O-])ccc1C)S(C)(=O)=O. The van der Waals surface area contributed by atoms with Crippen molar-refractivity contribution < 1.29 is 22.9 Å². The highest BCUT2D eigenvalue weighted by atomic mass is 32.2. The van der Waals surface area contributed by atoms with Gasteiger partial charge in [-0.3, -0.25) is 24.0 Å². The zero-order valence-electron chi connectivity index (χ0n) is 24.6. The fourth-order valence-electron chi connectivity index (χ4n) is 4.54. The Balaban J connectivity index is 2.12. The van der Waals surface area contributed by atoms with Crippen molar-refractivity contribution in [3.05, 3.63) is 105 Å². The van der Waals surface area contributed by atoms with E-state index in [1.165, 1.54) is 17.0 Å². The predicted molar refractivity (Wildman–Crippen MR) is 164 cm³/mol. The lowest BCUT2D eigenvalue weighted by Crippen LogP contribution is -2.54. The quantitative estimate of drug-likeness (QED) is 0.229. The van der Waals surface area contributed by atoms with E-state index in [-0.39, 0.29) is 36.3 Å². The molecule has 3 aromatic carbocycles. The number of benzene rings is 3. The number of non-ortho nitro benzene ring substituents is 1. The van der Waals surface area contributed by atoms with Gasteiger partial charge in [0.1, 0.15) is 12.6 Å². The predicted octanol–water partition coefficient (Wildman–Crippen LogP) is 4.53. The minimum absolute atomic E-state index is 0.0274. The summed E-state index contributed by atoms with van der Waals surface area (Å²) in [7, 11) is -4.06. The van der Waals surface area contributed by atoms with Crippen LogP contribution in [0.25, 0.3) is 0 Å². The monoisotopic (exact) mass is 594 g/mol. The van der Waals surface area contributed by atoms with Crippen molar-refractivity contribution in [2.24, 2.45) is 0 Å². The second kappa shape index (κ2) is 14.1. The van der Waals surface area contributed by atoms with Crippen LogP contribution in [0.1, 0.15) is 42.5 Å². The van der Waals surface area contributed by atoms with Crippen molar-refractivity contribution in [2.75, 3.05) is 17.1 Å². The molecular formula is C31H38N4O6S. The van der Waals surface area contributed by atoms with Gasteiger partial charge in [-0.1, -0.05) is 67.6 Å². The third-order valence-electron chi connectivity index (χ3n) is 7.23. The van der Waals surface area contributed by atoms with Gasteiger partial charge in [0.05, 0.1) is 16.9 Å². The summed E-state index contributed by atoms with van der Waals surface area (Å²) in [5, 5.41) is 14.5. The molecule has 1 N–H and O–H groups in total. The van der Waals surface area contributed by atoms with Crippen molar-refractivity contribution in [3.8, 4) is 0 Å². The third-order valence-corrected chi connectivity index (χ3v) is 8.35. The van der Waals surface area contributed by atoms with Crippen LogP contribution in [0, 0.1) is 24.0 Å². The minimum atomic E-state index is -4.06. The normalized spacial score (nSPS) is 12.7. The molecule has 0 saturated carbocycles. The number of nitrogens with zero attached hydrogens (tertiary/aromatic N) is 3. The number of sulfonamides is 1. The molecule has 0 bridgehead atoms. The van der Waals surface area contributed by atoms with Crippen LogP contribution in [-0.2, 0) is 32.6 Å². The number of carbonyl (C=O) groups excluding carboxylic acids is 2. The van der Waals surface area contributed by atoms with Gasteiger partial charge in [-0.15, -0.1) is 0 Å². The van der Waals surface area contributed by atoms with Crippen LogP contribution in [0.4, 0.5) is 11.4 Å². The van der Waals surface area contributed by atoms with Gasteiger partial charge in [-0.05, 0) is 49.4 Å². The molecule has 2 unspecified atom stereocenters. The Bertz CT molecular complexity index is 1530. The molecule has 0 spiro atoms. The Labute approximate surface area is 247 Å². The summed E-state index contributed by atoms with van der Waals surface area (Å²) in [5.41, 5.74) is 2.71. The number of aryl methyl sites for hydroxylation is 2. The second-order valence-corrected chi connectivity index (χ2v) is 12.4. The zero-order valence-corrected chi connectivity index (χ0v) is 25.4. The molecule has 224 valence electrons. The van der Waals surface area contributed by atoms with Gasteiger partial charge in [0, 0.05) is 31.1 Å². The highest BCUT2D eigenvalue weighted by Gasteiger charge is 2.34. The van der Waals surface area contributed by atoms with Crippen molar-refractivity contribution in [1.29, 1.82) is 0 Å². The van der Waals surface area contributed by atoms with Crippen LogP contribution < -0.4 is 9.62 Å². The first-order valence-electron chi connectivity index (χ1n) is 13.7. The summed E-state index contributed by atoms with van der Waals surface area (Å²) in [6.45, 7) is 6.75. The lowest BCUT2D eigenvalue weighted by atomic mass is 10.0. The lowest BCUT2D eigenvalue weighted by Gasteiger charge is -2.34. The molecule has 2 amide bonds. The summed E-state index contributed by atoms with van der Waals surface area (Å²) >= 11 is 0. The summed E-state index contributed by atoms with van der Waals surface area (Å²) in [4.78, 5) is 40.2. The zero-order chi connectivity index (χ0) is 31.0. The van der Waals surface area contributed by atoms with E-state index in [1.807, 2.05) is 75.4 Å². The van der Waals surface area contributed by atoms with E-state index in [9.17, 15) is 28.1 Å². The summed E-state index contributed by atoms with van der Waals surface area (Å²) in [6, 6.07) is 19.5. The van der Waals surface area contributed by atoms with Gasteiger partial charge in [0.25, 0.3) is 5.69 Å². The Kier molecular flexibility index (Phi) is 10.8. The fourth-order valence-corrected chi connectivity index (χ4v) is 5.44. The number of nitro groups is 1. The molecule has 42 heavy (non-hydrogen) atoms. The summed E-state index contributed by atoms with van der Waals surface area (Å²) in [5.74, 6) is -0.970. The number of amides is 2. The molecule has 0 aliphatic carbocycles. The number of hydrogen-bond donors (Lipinski definition) is 1. The molecular weight excluding hydrogens is 556 g/mol. The van der Waals surface area contributed by atoms with Crippen molar-refractivity contribution in [3.63, 3.8) is 0 Å². The third kappa shape index (κ3) is 8.39. The minimum Gasteiger partial charge on any atom is -0.352 e. The average Bonchev–Trinajstić information content (AvgIpc) is 2.94. The second-order valence-electron chi connectivity index (χ2n) is 10.5. The van der Waals surface area contributed by atoms with Crippen LogP contribution >= 0.6 is 0 Å². The van der Waals surface area contributed by atoms with E-state index >= 15 is 0 Å². The summed E-state index contributed by atoms with van der Waals surface area (Å²) in [6.07, 6.45) is 1.83. The summed E-state index contributed by atoms with van der Waals surface area (Å²) < 4.78 is 26.9. The number of anilines is 1. The average molecular weight is 595 g/mol. The van der Waals surface area contributed by atoms with E-state index in [1.54, 1.807) is 6.92 Å². The number of nitrogens with one attached hydrogen (secondary N) is 1. The van der Waals surface area contributed by atoms with Crippen LogP contribution in [0.3, 0.4) is 0 Å². The van der Waals surface area contributed by atoms with Gasteiger partial charge in [-0.25, -0.2) is 8.42 Å². The van der Waals surface area contributed by atoms with Crippen LogP contribution in [0.2, 0.25) is 0 Å². The van der Waals surface area contributed by atoms with Gasteiger partial charge >= 0.3 is 0 Å².